The summed E-state index contributed by atoms with van der Waals surface area (Å²) in [4.78, 5) is 14.6. The highest BCUT2D eigenvalue weighted by atomic mass is 32.2. The fourth-order valence-corrected chi connectivity index (χ4v) is 4.83. The fraction of sp³-hybridized carbons (Fsp3) is 0.409. The van der Waals surface area contributed by atoms with E-state index < -0.39 is 10.0 Å². The van der Waals surface area contributed by atoms with Crippen LogP contribution in [0, 0.1) is 6.92 Å². The molecule has 1 fully saturated rings. The molecule has 1 saturated heterocycles. The minimum absolute atomic E-state index is 0.0253. The van der Waals surface area contributed by atoms with E-state index in [1.165, 1.54) is 9.87 Å². The van der Waals surface area contributed by atoms with Crippen molar-refractivity contribution in [1.82, 2.24) is 14.5 Å². The Morgan fingerprint density at radius 3 is 2.24 bits per heavy atom. The van der Waals surface area contributed by atoms with Crippen LogP contribution in [0.25, 0.3) is 0 Å². The number of hydrogen-bond acceptors (Lipinski definition) is 4. The van der Waals surface area contributed by atoms with Crippen LogP contribution in [0.2, 0.25) is 0 Å². The van der Waals surface area contributed by atoms with Crippen molar-refractivity contribution in [2.24, 2.45) is 0 Å². The highest BCUT2D eigenvalue weighted by Crippen LogP contribution is 2.18. The van der Waals surface area contributed by atoms with E-state index in [4.69, 9.17) is 0 Å². The first-order valence-electron chi connectivity index (χ1n) is 9.97. The average Bonchev–Trinajstić information content (AvgIpc) is 2.73. The maximum Gasteiger partial charge on any atom is 0.243 e. The fourth-order valence-electron chi connectivity index (χ4n) is 3.41. The van der Waals surface area contributed by atoms with E-state index >= 15 is 0 Å². The zero-order chi connectivity index (χ0) is 20.9. The van der Waals surface area contributed by atoms with Gasteiger partial charge in [-0.05, 0) is 30.5 Å². The van der Waals surface area contributed by atoms with Crippen LogP contribution in [0.4, 0.5) is 0 Å². The third kappa shape index (κ3) is 5.65. The molecule has 0 aromatic heterocycles. The van der Waals surface area contributed by atoms with E-state index in [1.807, 2.05) is 42.2 Å². The van der Waals surface area contributed by atoms with Gasteiger partial charge in [-0.2, -0.15) is 4.31 Å². The lowest BCUT2D eigenvalue weighted by Gasteiger charge is -2.33. The second kappa shape index (κ2) is 9.52. The van der Waals surface area contributed by atoms with E-state index in [0.717, 1.165) is 5.56 Å². The van der Waals surface area contributed by atoms with Crippen LogP contribution in [0.5, 0.6) is 0 Å². The Bertz CT molecular complexity index is 906. The maximum atomic E-state index is 12.8. The van der Waals surface area contributed by atoms with E-state index in [-0.39, 0.29) is 11.8 Å². The van der Waals surface area contributed by atoms with Crippen molar-refractivity contribution in [3.63, 3.8) is 0 Å². The monoisotopic (exact) mass is 415 g/mol. The predicted molar refractivity (Wildman–Crippen MR) is 114 cm³/mol. The van der Waals surface area contributed by atoms with Crippen LogP contribution in [-0.2, 0) is 14.8 Å². The van der Waals surface area contributed by atoms with Gasteiger partial charge in [0, 0.05) is 32.7 Å². The zero-order valence-electron chi connectivity index (χ0n) is 17.0. The standard InChI is InChI=1S/C22H29N3O3S/c1-18-8-10-21(11-9-18)29(27,28)25-14-12-24(13-15-25)17-22(26)23-16-19(2)20-6-4-3-5-7-20/h3-11,19H,12-17H2,1-2H3,(H,23,26)/t19-/m1/s1. The summed E-state index contributed by atoms with van der Waals surface area (Å²) in [5, 5.41) is 2.99. The summed E-state index contributed by atoms with van der Waals surface area (Å²) in [6, 6.07) is 17.0. The molecule has 156 valence electrons. The third-order valence-corrected chi connectivity index (χ3v) is 7.24. The van der Waals surface area contributed by atoms with E-state index in [9.17, 15) is 13.2 Å². The van der Waals surface area contributed by atoms with Gasteiger partial charge in [-0.1, -0.05) is 55.0 Å². The smallest absolute Gasteiger partial charge is 0.243 e. The van der Waals surface area contributed by atoms with Gasteiger partial charge in [-0.3, -0.25) is 9.69 Å². The van der Waals surface area contributed by atoms with Crippen molar-refractivity contribution in [2.75, 3.05) is 39.3 Å². The lowest BCUT2D eigenvalue weighted by atomic mass is 10.0. The molecule has 0 bridgehead atoms. The number of aryl methyl sites for hydroxylation is 1. The van der Waals surface area contributed by atoms with E-state index in [2.05, 4.69) is 24.4 Å². The van der Waals surface area contributed by atoms with Crippen LogP contribution in [0.15, 0.2) is 59.5 Å². The molecule has 6 nitrogen and oxygen atoms in total. The quantitative estimate of drug-likeness (QED) is 0.753. The van der Waals surface area contributed by atoms with Gasteiger partial charge < -0.3 is 5.32 Å². The Labute approximate surface area is 173 Å². The molecular formula is C22H29N3O3S. The van der Waals surface area contributed by atoms with Gasteiger partial charge in [0.15, 0.2) is 0 Å². The molecule has 7 heteroatoms. The lowest BCUT2D eigenvalue weighted by molar-refractivity contribution is -0.122. The number of amides is 1. The molecule has 29 heavy (non-hydrogen) atoms. The molecule has 1 aliphatic heterocycles. The van der Waals surface area contributed by atoms with E-state index in [0.29, 0.717) is 44.2 Å². The number of carbonyl (C=O) groups is 1. The molecule has 2 aromatic rings. The predicted octanol–water partition coefficient (Wildman–Crippen LogP) is 2.22. The van der Waals surface area contributed by atoms with Crippen molar-refractivity contribution in [1.29, 1.82) is 0 Å². The molecule has 3 rings (SSSR count). The van der Waals surface area contributed by atoms with Gasteiger partial charge in [0.05, 0.1) is 11.4 Å². The molecule has 0 spiro atoms. The molecular weight excluding hydrogens is 386 g/mol. The number of nitrogens with one attached hydrogen (secondary N) is 1. The largest absolute Gasteiger partial charge is 0.354 e. The number of hydrogen-bond donors (Lipinski definition) is 1. The summed E-state index contributed by atoms with van der Waals surface area (Å²) in [7, 11) is -3.48. The molecule has 0 aliphatic carbocycles. The van der Waals surface area contributed by atoms with Crippen molar-refractivity contribution < 1.29 is 13.2 Å². The summed E-state index contributed by atoms with van der Waals surface area (Å²) in [5.41, 5.74) is 2.23. The van der Waals surface area contributed by atoms with E-state index in [1.54, 1.807) is 12.1 Å². The summed E-state index contributed by atoms with van der Waals surface area (Å²) in [6.07, 6.45) is 0. The Kier molecular flexibility index (Phi) is 7.05. The van der Waals surface area contributed by atoms with Crippen LogP contribution >= 0.6 is 0 Å². The summed E-state index contributed by atoms with van der Waals surface area (Å²) in [6.45, 7) is 6.78. The molecule has 1 aliphatic rings. The van der Waals surface area contributed by atoms with Crippen LogP contribution in [0.3, 0.4) is 0 Å². The normalized spacial score (nSPS) is 17.0. The summed E-state index contributed by atoms with van der Waals surface area (Å²) in [5.74, 6) is 0.222. The number of carbonyl (C=O) groups excluding carboxylic acids is 1. The van der Waals surface area contributed by atoms with Crippen molar-refractivity contribution in [3.05, 3.63) is 65.7 Å². The molecule has 1 amide bonds. The molecule has 1 N–H and O–H groups in total. The maximum absolute atomic E-state index is 12.8. The highest BCUT2D eigenvalue weighted by Gasteiger charge is 2.29. The van der Waals surface area contributed by atoms with Gasteiger partial charge in [0.25, 0.3) is 0 Å². The van der Waals surface area contributed by atoms with Crippen LogP contribution in [0.1, 0.15) is 24.0 Å². The van der Waals surface area contributed by atoms with Gasteiger partial charge in [0.2, 0.25) is 15.9 Å². The second-order valence-corrected chi connectivity index (χ2v) is 9.55. The zero-order valence-corrected chi connectivity index (χ0v) is 17.9. The van der Waals surface area contributed by atoms with Crippen molar-refractivity contribution >= 4 is 15.9 Å². The second-order valence-electron chi connectivity index (χ2n) is 7.61. The molecule has 0 saturated carbocycles. The number of rotatable bonds is 7. The number of sulfonamides is 1. The summed E-state index contributed by atoms with van der Waals surface area (Å²) >= 11 is 0. The summed E-state index contributed by atoms with van der Waals surface area (Å²) < 4.78 is 27.0. The Hall–Kier alpha value is -2.22. The SMILES string of the molecule is Cc1ccc(S(=O)(=O)N2CCN(CC(=O)NC[C@@H](C)c3ccccc3)CC2)cc1. The molecule has 1 atom stereocenters. The first-order valence-corrected chi connectivity index (χ1v) is 11.4. The number of benzene rings is 2. The average molecular weight is 416 g/mol. The minimum atomic E-state index is -3.48. The van der Waals surface area contributed by atoms with Gasteiger partial charge in [-0.25, -0.2) is 8.42 Å². The van der Waals surface area contributed by atoms with Gasteiger partial charge >= 0.3 is 0 Å². The molecule has 0 radical (unpaired) electrons. The first kappa shape index (κ1) is 21.5. The highest BCUT2D eigenvalue weighted by molar-refractivity contribution is 7.89. The van der Waals surface area contributed by atoms with Crippen LogP contribution < -0.4 is 5.32 Å². The number of piperazine rings is 1. The third-order valence-electron chi connectivity index (χ3n) is 5.33. The van der Waals surface area contributed by atoms with Gasteiger partial charge in [-0.15, -0.1) is 0 Å². The van der Waals surface area contributed by atoms with Gasteiger partial charge in [0.1, 0.15) is 0 Å². The number of nitrogens with zero attached hydrogens (tertiary/aromatic N) is 2. The molecule has 2 aromatic carbocycles. The first-order chi connectivity index (χ1) is 13.9. The molecule has 1 heterocycles. The van der Waals surface area contributed by atoms with Crippen molar-refractivity contribution in [3.8, 4) is 0 Å². The molecule has 0 unspecified atom stereocenters. The van der Waals surface area contributed by atoms with Crippen LogP contribution in [-0.4, -0.2) is 62.8 Å². The Balaban J connectivity index is 1.45. The lowest BCUT2D eigenvalue weighted by Crippen LogP contribution is -2.51. The Morgan fingerprint density at radius 2 is 1.62 bits per heavy atom. The minimum Gasteiger partial charge on any atom is -0.354 e. The van der Waals surface area contributed by atoms with Crippen molar-refractivity contribution in [2.45, 2.75) is 24.7 Å². The Morgan fingerprint density at radius 1 is 1.00 bits per heavy atom. The topological polar surface area (TPSA) is 69.7 Å².